The van der Waals surface area contributed by atoms with Crippen LogP contribution in [-0.4, -0.2) is 25.2 Å². The van der Waals surface area contributed by atoms with Crippen molar-refractivity contribution in [2.24, 2.45) is 5.41 Å². The van der Waals surface area contributed by atoms with E-state index in [0.29, 0.717) is 26.1 Å². The first kappa shape index (κ1) is 33.0. The molecule has 0 N–H and O–H groups in total. The Bertz CT molecular complexity index is 484. The molecule has 0 spiro atoms. The van der Waals surface area contributed by atoms with Crippen LogP contribution in [0.1, 0.15) is 174 Å². The number of ether oxygens (including phenoxy) is 2. The van der Waals surface area contributed by atoms with Gasteiger partial charge in [-0.1, -0.05) is 149 Å². The standard InChI is InChI=1S/C32H60O4/c1-3-5-7-9-11-13-15-17-19-24-28-35-30(33)32(26-22-21-23-27-32)31(34)36-29-25-20-18-16-14-12-10-8-6-4-2/h3-29H2,1-2H3. The molecule has 0 heterocycles. The summed E-state index contributed by atoms with van der Waals surface area (Å²) < 4.78 is 11.3. The fourth-order valence-electron chi connectivity index (χ4n) is 5.43. The van der Waals surface area contributed by atoms with Crippen LogP contribution in [0, 0.1) is 5.41 Å². The summed E-state index contributed by atoms with van der Waals surface area (Å²) in [5, 5.41) is 0. The molecule has 0 aliphatic heterocycles. The van der Waals surface area contributed by atoms with Crippen LogP contribution in [0.15, 0.2) is 0 Å². The Balaban J connectivity index is 2.17. The lowest BCUT2D eigenvalue weighted by Crippen LogP contribution is -2.43. The van der Waals surface area contributed by atoms with Crippen LogP contribution in [0.2, 0.25) is 0 Å². The van der Waals surface area contributed by atoms with Crippen LogP contribution in [0.25, 0.3) is 0 Å². The third-order valence-electron chi connectivity index (χ3n) is 7.95. The Kier molecular flexibility index (Phi) is 21.1. The molecule has 0 unspecified atom stereocenters. The van der Waals surface area contributed by atoms with Gasteiger partial charge in [0.2, 0.25) is 0 Å². The summed E-state index contributed by atoms with van der Waals surface area (Å²) in [4.78, 5) is 26.0. The molecule has 0 aromatic heterocycles. The normalized spacial score (nSPS) is 15.1. The van der Waals surface area contributed by atoms with Crippen molar-refractivity contribution in [2.75, 3.05) is 13.2 Å². The second kappa shape index (κ2) is 23.1. The highest BCUT2D eigenvalue weighted by molar-refractivity contribution is 6.00. The number of esters is 2. The molecule has 212 valence electrons. The maximum atomic E-state index is 13.0. The number of carbonyl (C=O) groups is 2. The zero-order valence-electron chi connectivity index (χ0n) is 24.2. The molecular formula is C32H60O4. The minimum absolute atomic E-state index is 0.328. The Morgan fingerprint density at radius 2 is 0.778 bits per heavy atom. The predicted molar refractivity (Wildman–Crippen MR) is 151 cm³/mol. The van der Waals surface area contributed by atoms with Crippen LogP contribution in [0.5, 0.6) is 0 Å². The van der Waals surface area contributed by atoms with Gasteiger partial charge >= 0.3 is 11.9 Å². The van der Waals surface area contributed by atoms with E-state index in [2.05, 4.69) is 13.8 Å². The van der Waals surface area contributed by atoms with E-state index < -0.39 is 5.41 Å². The maximum absolute atomic E-state index is 13.0. The highest BCUT2D eigenvalue weighted by atomic mass is 16.6. The molecule has 0 amide bonds. The number of carbonyl (C=O) groups excluding carboxylic acids is 2. The van der Waals surface area contributed by atoms with Gasteiger partial charge in [0.1, 0.15) is 0 Å². The average molecular weight is 509 g/mol. The van der Waals surface area contributed by atoms with Gasteiger partial charge in [-0.05, 0) is 25.7 Å². The number of unbranched alkanes of at least 4 members (excludes halogenated alkanes) is 18. The molecule has 4 heteroatoms. The van der Waals surface area contributed by atoms with E-state index in [-0.39, 0.29) is 11.9 Å². The number of hydrogen-bond donors (Lipinski definition) is 0. The number of rotatable bonds is 24. The second-order valence-electron chi connectivity index (χ2n) is 11.3. The van der Waals surface area contributed by atoms with Crippen molar-refractivity contribution in [3.8, 4) is 0 Å². The Morgan fingerprint density at radius 1 is 0.472 bits per heavy atom. The molecular weight excluding hydrogens is 448 g/mol. The molecule has 0 aromatic carbocycles. The molecule has 1 aliphatic carbocycles. The zero-order chi connectivity index (χ0) is 26.2. The van der Waals surface area contributed by atoms with E-state index in [9.17, 15) is 9.59 Å². The van der Waals surface area contributed by atoms with Crippen LogP contribution in [-0.2, 0) is 19.1 Å². The van der Waals surface area contributed by atoms with Gasteiger partial charge < -0.3 is 9.47 Å². The maximum Gasteiger partial charge on any atom is 0.323 e. The lowest BCUT2D eigenvalue weighted by molar-refractivity contribution is -0.175. The minimum Gasteiger partial charge on any atom is -0.465 e. The van der Waals surface area contributed by atoms with Crippen LogP contribution < -0.4 is 0 Å². The van der Waals surface area contributed by atoms with Gasteiger partial charge in [0.05, 0.1) is 13.2 Å². The Hall–Kier alpha value is -1.06. The molecule has 1 fully saturated rings. The Labute approximate surface area is 224 Å². The number of hydrogen-bond acceptors (Lipinski definition) is 4. The van der Waals surface area contributed by atoms with Crippen LogP contribution >= 0.6 is 0 Å². The SMILES string of the molecule is CCCCCCCCCCCCOC(=O)C1(C(=O)OCCCCCCCCCCCC)CCCCC1. The first-order valence-electron chi connectivity index (χ1n) is 16.0. The summed E-state index contributed by atoms with van der Waals surface area (Å²) >= 11 is 0. The summed E-state index contributed by atoms with van der Waals surface area (Å²) in [6, 6.07) is 0. The van der Waals surface area contributed by atoms with Gasteiger partial charge in [-0.2, -0.15) is 0 Å². The van der Waals surface area contributed by atoms with Gasteiger partial charge in [0.25, 0.3) is 0 Å². The highest BCUT2D eigenvalue weighted by Crippen LogP contribution is 2.39. The molecule has 1 aliphatic rings. The van der Waals surface area contributed by atoms with Crippen molar-refractivity contribution in [1.29, 1.82) is 0 Å². The van der Waals surface area contributed by atoms with Crippen LogP contribution in [0.3, 0.4) is 0 Å². The smallest absolute Gasteiger partial charge is 0.323 e. The Morgan fingerprint density at radius 3 is 1.11 bits per heavy atom. The molecule has 0 bridgehead atoms. The fraction of sp³-hybridized carbons (Fsp3) is 0.938. The summed E-state index contributed by atoms with van der Waals surface area (Å²) in [7, 11) is 0. The fourth-order valence-corrected chi connectivity index (χ4v) is 5.43. The van der Waals surface area contributed by atoms with Crippen molar-refractivity contribution < 1.29 is 19.1 Å². The summed E-state index contributed by atoms with van der Waals surface area (Å²) in [5.74, 6) is -0.655. The monoisotopic (exact) mass is 508 g/mol. The van der Waals surface area contributed by atoms with Crippen LogP contribution in [0.4, 0.5) is 0 Å². The lowest BCUT2D eigenvalue weighted by Gasteiger charge is -2.32. The zero-order valence-corrected chi connectivity index (χ0v) is 24.2. The van der Waals surface area contributed by atoms with Crippen molar-refractivity contribution in [3.05, 3.63) is 0 Å². The first-order chi connectivity index (χ1) is 17.7. The molecule has 1 rings (SSSR count). The third kappa shape index (κ3) is 15.3. The first-order valence-corrected chi connectivity index (χ1v) is 16.0. The van der Waals surface area contributed by atoms with E-state index >= 15 is 0 Å². The van der Waals surface area contributed by atoms with Gasteiger partial charge in [-0.25, -0.2) is 0 Å². The molecule has 0 atom stereocenters. The second-order valence-corrected chi connectivity index (χ2v) is 11.3. The van der Waals surface area contributed by atoms with E-state index in [0.717, 1.165) is 44.9 Å². The van der Waals surface area contributed by atoms with Crippen molar-refractivity contribution in [1.82, 2.24) is 0 Å². The third-order valence-corrected chi connectivity index (χ3v) is 7.95. The molecule has 1 saturated carbocycles. The summed E-state index contributed by atoms with van der Waals surface area (Å²) in [5.41, 5.74) is -1.05. The summed E-state index contributed by atoms with van der Waals surface area (Å²) in [6.45, 7) is 5.38. The van der Waals surface area contributed by atoms with Gasteiger partial charge in [0.15, 0.2) is 5.41 Å². The molecule has 0 radical (unpaired) electrons. The summed E-state index contributed by atoms with van der Waals surface area (Å²) in [6.07, 6.45) is 29.1. The molecule has 4 nitrogen and oxygen atoms in total. The van der Waals surface area contributed by atoms with Gasteiger partial charge in [-0.15, -0.1) is 0 Å². The van der Waals surface area contributed by atoms with E-state index in [1.54, 1.807) is 0 Å². The van der Waals surface area contributed by atoms with Crippen molar-refractivity contribution in [3.63, 3.8) is 0 Å². The van der Waals surface area contributed by atoms with E-state index in [4.69, 9.17) is 9.47 Å². The largest absolute Gasteiger partial charge is 0.465 e. The molecule has 0 aromatic rings. The van der Waals surface area contributed by atoms with Crippen molar-refractivity contribution in [2.45, 2.75) is 174 Å². The van der Waals surface area contributed by atoms with E-state index in [1.807, 2.05) is 0 Å². The topological polar surface area (TPSA) is 52.6 Å². The highest BCUT2D eigenvalue weighted by Gasteiger charge is 2.49. The average Bonchev–Trinajstić information content (AvgIpc) is 2.90. The lowest BCUT2D eigenvalue weighted by atomic mass is 9.74. The van der Waals surface area contributed by atoms with E-state index in [1.165, 1.54) is 103 Å². The van der Waals surface area contributed by atoms with Gasteiger partial charge in [0, 0.05) is 0 Å². The quantitative estimate of drug-likeness (QED) is 0.0739. The molecule has 36 heavy (non-hydrogen) atoms. The minimum atomic E-state index is -1.05. The molecule has 0 saturated heterocycles. The van der Waals surface area contributed by atoms with Gasteiger partial charge in [-0.3, -0.25) is 9.59 Å². The predicted octanol–water partition coefficient (Wildman–Crippen LogP) is 9.87. The van der Waals surface area contributed by atoms with Crippen molar-refractivity contribution >= 4 is 11.9 Å².